The molecule has 2 aromatic heterocycles. The molecular weight excluding hydrogens is 576 g/mol. The maximum Gasteiger partial charge on any atom is 0.446 e. The minimum Gasteiger partial charge on any atom is -0.495 e. The lowest BCUT2D eigenvalue weighted by atomic mass is 9.92. The van der Waals surface area contributed by atoms with Crippen LogP contribution in [-0.2, 0) is 4.74 Å². The second-order valence-electron chi connectivity index (χ2n) is 10.4. The second-order valence-corrected chi connectivity index (χ2v) is 11.4. The van der Waals surface area contributed by atoms with E-state index >= 15 is 4.39 Å². The molecule has 1 aromatic carbocycles. The lowest BCUT2D eigenvalue weighted by Gasteiger charge is -2.50. The molecule has 2 saturated heterocycles. The normalized spacial score (nSPS) is 20.3. The van der Waals surface area contributed by atoms with E-state index in [1.165, 1.54) is 29.8 Å². The van der Waals surface area contributed by atoms with Crippen molar-refractivity contribution in [3.8, 4) is 17.6 Å². The Hall–Kier alpha value is -3.67. The summed E-state index contributed by atoms with van der Waals surface area (Å²) in [6.07, 6.45) is -0.675. The number of likely N-dealkylation sites (tertiary alicyclic amines) is 1. The van der Waals surface area contributed by atoms with E-state index in [1.54, 1.807) is 18.2 Å². The minimum atomic E-state index is -4.57. The first-order chi connectivity index (χ1) is 20.0. The quantitative estimate of drug-likeness (QED) is 0.200. The van der Waals surface area contributed by atoms with Crippen LogP contribution < -0.4 is 21.1 Å². The van der Waals surface area contributed by atoms with Crippen LogP contribution in [0, 0.1) is 11.8 Å². The Morgan fingerprint density at radius 2 is 2.10 bits per heavy atom. The molecule has 0 spiro atoms. The number of rotatable bonds is 8. The summed E-state index contributed by atoms with van der Waals surface area (Å²) in [6, 6.07) is 8.84. The SMILES string of the molecule is COc1cc(C(N)=O)ccc1NCC#Cc1nn2c(NC3CCN(C4(C)COC4)CC3F)cccc2c1SC(F)(F)F. The van der Waals surface area contributed by atoms with Gasteiger partial charge in [-0.3, -0.25) is 9.69 Å². The van der Waals surface area contributed by atoms with Crippen LogP contribution in [0.15, 0.2) is 41.3 Å². The molecule has 1 amide bonds. The van der Waals surface area contributed by atoms with Crippen molar-refractivity contribution in [2.75, 3.05) is 50.6 Å². The molecule has 0 radical (unpaired) electrons. The number of pyridine rings is 1. The fourth-order valence-electron chi connectivity index (χ4n) is 5.04. The maximum atomic E-state index is 15.3. The molecular formula is C28H30F4N6O3S. The van der Waals surface area contributed by atoms with Crippen molar-refractivity contribution in [1.82, 2.24) is 14.5 Å². The van der Waals surface area contributed by atoms with Crippen LogP contribution >= 0.6 is 11.8 Å². The predicted molar refractivity (Wildman–Crippen MR) is 152 cm³/mol. The van der Waals surface area contributed by atoms with Crippen LogP contribution in [0.1, 0.15) is 29.4 Å². The van der Waals surface area contributed by atoms with E-state index < -0.39 is 23.6 Å². The van der Waals surface area contributed by atoms with E-state index in [4.69, 9.17) is 15.2 Å². The number of halogens is 4. The molecule has 2 fully saturated rings. The molecule has 224 valence electrons. The van der Waals surface area contributed by atoms with Crippen LogP contribution in [0.25, 0.3) is 5.52 Å². The lowest BCUT2D eigenvalue weighted by molar-refractivity contribution is -0.142. The summed E-state index contributed by atoms with van der Waals surface area (Å²) < 4.78 is 67.8. The number of nitrogens with two attached hydrogens (primary N) is 1. The number of amides is 1. The van der Waals surface area contributed by atoms with Crippen molar-refractivity contribution in [2.24, 2.45) is 5.73 Å². The molecule has 4 heterocycles. The summed E-state index contributed by atoms with van der Waals surface area (Å²) in [7, 11) is 1.43. The number of carbonyl (C=O) groups is 1. The summed E-state index contributed by atoms with van der Waals surface area (Å²) in [5.41, 5.74) is 1.49. The summed E-state index contributed by atoms with van der Waals surface area (Å²) >= 11 is -0.295. The zero-order valence-electron chi connectivity index (χ0n) is 22.9. The van der Waals surface area contributed by atoms with E-state index in [-0.39, 0.29) is 52.1 Å². The lowest BCUT2D eigenvalue weighted by Crippen LogP contribution is -2.64. The van der Waals surface area contributed by atoms with Gasteiger partial charge in [-0.1, -0.05) is 12.0 Å². The molecule has 2 aliphatic rings. The third-order valence-electron chi connectivity index (χ3n) is 7.35. The Kier molecular flexibility index (Phi) is 8.45. The fourth-order valence-corrected chi connectivity index (χ4v) is 5.72. The number of benzene rings is 1. The van der Waals surface area contributed by atoms with Gasteiger partial charge in [-0.25, -0.2) is 8.91 Å². The summed E-state index contributed by atoms with van der Waals surface area (Å²) in [5, 5.41) is 10.6. The molecule has 0 saturated carbocycles. The van der Waals surface area contributed by atoms with Gasteiger partial charge in [0.2, 0.25) is 5.91 Å². The molecule has 2 aliphatic heterocycles. The molecule has 3 aromatic rings. The van der Waals surface area contributed by atoms with Crippen LogP contribution in [0.3, 0.4) is 0 Å². The highest BCUT2D eigenvalue weighted by Gasteiger charge is 2.43. The number of alkyl halides is 4. The Morgan fingerprint density at radius 1 is 1.31 bits per heavy atom. The smallest absolute Gasteiger partial charge is 0.446 e. The van der Waals surface area contributed by atoms with E-state index in [1.807, 2.05) is 0 Å². The zero-order chi connectivity index (χ0) is 30.1. The minimum absolute atomic E-state index is 0.0491. The number of ether oxygens (including phenoxy) is 2. The van der Waals surface area contributed by atoms with E-state index in [0.29, 0.717) is 43.4 Å². The van der Waals surface area contributed by atoms with Crippen molar-refractivity contribution in [1.29, 1.82) is 0 Å². The van der Waals surface area contributed by atoms with Crippen molar-refractivity contribution in [3.05, 3.63) is 47.7 Å². The highest BCUT2D eigenvalue weighted by molar-refractivity contribution is 8.00. The Balaban J connectivity index is 1.36. The van der Waals surface area contributed by atoms with Gasteiger partial charge in [-0.05, 0) is 61.4 Å². The van der Waals surface area contributed by atoms with E-state index in [9.17, 15) is 18.0 Å². The van der Waals surface area contributed by atoms with Gasteiger partial charge in [0.05, 0.1) is 54.5 Å². The molecule has 4 N–H and O–H groups in total. The Bertz CT molecular complexity index is 1530. The molecule has 9 nitrogen and oxygen atoms in total. The molecule has 14 heteroatoms. The van der Waals surface area contributed by atoms with Gasteiger partial charge in [0.25, 0.3) is 0 Å². The molecule has 0 bridgehead atoms. The van der Waals surface area contributed by atoms with Crippen LogP contribution in [-0.4, -0.2) is 83.6 Å². The van der Waals surface area contributed by atoms with E-state index in [0.717, 1.165) is 0 Å². The Morgan fingerprint density at radius 3 is 2.74 bits per heavy atom. The average molecular weight is 607 g/mol. The van der Waals surface area contributed by atoms with Crippen molar-refractivity contribution < 1.29 is 31.8 Å². The number of anilines is 2. The number of methoxy groups -OCH3 is 1. The van der Waals surface area contributed by atoms with Crippen LogP contribution in [0.4, 0.5) is 29.1 Å². The first-order valence-corrected chi connectivity index (χ1v) is 14.0. The third-order valence-corrected chi connectivity index (χ3v) is 8.19. The molecule has 2 atom stereocenters. The standard InChI is InChI=1S/C28H30F4N6O3S/c1-27(15-41-16-27)37-12-10-19(18(29)14-37)35-24-7-3-6-22-25(42-28(30,31)32)21(36-38(22)24)5-4-11-34-20-9-8-17(26(33)39)13-23(20)40-2/h3,6-9,13,18-19,34-35H,10-12,14-16H2,1-2H3,(H2,33,39). The number of thioether (sulfide) groups is 1. The maximum absolute atomic E-state index is 15.3. The first-order valence-electron chi connectivity index (χ1n) is 13.2. The third kappa shape index (κ3) is 6.38. The number of piperidine rings is 1. The molecule has 0 aliphatic carbocycles. The molecule has 42 heavy (non-hydrogen) atoms. The molecule has 5 rings (SSSR count). The molecule has 2 unspecified atom stereocenters. The van der Waals surface area contributed by atoms with Gasteiger partial charge >= 0.3 is 5.51 Å². The highest BCUT2D eigenvalue weighted by atomic mass is 32.2. The highest BCUT2D eigenvalue weighted by Crippen LogP contribution is 2.41. The van der Waals surface area contributed by atoms with E-state index in [2.05, 4.69) is 39.4 Å². The van der Waals surface area contributed by atoms with Gasteiger partial charge < -0.3 is 25.8 Å². The zero-order valence-corrected chi connectivity index (χ0v) is 23.7. The largest absolute Gasteiger partial charge is 0.495 e. The number of aromatic nitrogens is 2. The summed E-state index contributed by atoms with van der Waals surface area (Å²) in [4.78, 5) is 13.4. The van der Waals surface area contributed by atoms with Gasteiger partial charge in [-0.2, -0.15) is 18.3 Å². The number of nitrogens with zero attached hydrogens (tertiary/aromatic N) is 3. The fraction of sp³-hybridized carbons (Fsp3) is 0.429. The Labute approximate surface area is 244 Å². The summed E-state index contributed by atoms with van der Waals surface area (Å²) in [5.74, 6) is 5.66. The van der Waals surface area contributed by atoms with Crippen LogP contribution in [0.2, 0.25) is 0 Å². The number of nitrogens with one attached hydrogen (secondary N) is 2. The number of hydrogen-bond donors (Lipinski definition) is 3. The van der Waals surface area contributed by atoms with Gasteiger partial charge in [-0.15, -0.1) is 0 Å². The van der Waals surface area contributed by atoms with Gasteiger partial charge in [0, 0.05) is 18.7 Å². The van der Waals surface area contributed by atoms with Gasteiger partial charge in [0.15, 0.2) is 0 Å². The number of carbonyl (C=O) groups excluding carboxylic acids is 1. The summed E-state index contributed by atoms with van der Waals surface area (Å²) in [6.45, 7) is 4.14. The van der Waals surface area contributed by atoms with Crippen molar-refractivity contribution >= 4 is 34.7 Å². The first kappa shape index (κ1) is 29.8. The number of hydrogen-bond acceptors (Lipinski definition) is 8. The average Bonchev–Trinajstić information content (AvgIpc) is 3.27. The predicted octanol–water partition coefficient (Wildman–Crippen LogP) is 4.13. The number of primary amides is 1. The van der Waals surface area contributed by atoms with Crippen molar-refractivity contribution in [3.63, 3.8) is 0 Å². The second kappa shape index (κ2) is 11.9. The topological polar surface area (TPSA) is 106 Å². The number of fused-ring (bicyclic) bond motifs is 1. The monoisotopic (exact) mass is 606 g/mol. The van der Waals surface area contributed by atoms with Crippen LogP contribution in [0.5, 0.6) is 5.75 Å². The van der Waals surface area contributed by atoms with Crippen molar-refractivity contribution in [2.45, 2.75) is 41.5 Å². The van der Waals surface area contributed by atoms with Gasteiger partial charge in [0.1, 0.15) is 23.4 Å².